The Morgan fingerprint density at radius 3 is 3.06 bits per heavy atom. The minimum absolute atomic E-state index is 0.0969. The van der Waals surface area contributed by atoms with Crippen LogP contribution in [0.4, 0.5) is 5.82 Å². The van der Waals surface area contributed by atoms with Gasteiger partial charge in [-0.2, -0.15) is 5.10 Å². The van der Waals surface area contributed by atoms with Crippen LogP contribution < -0.4 is 10.6 Å². The number of aromatic amines is 1. The summed E-state index contributed by atoms with van der Waals surface area (Å²) in [5.41, 5.74) is 1.57. The minimum atomic E-state index is -0.583. The molecule has 0 saturated carbocycles. The summed E-state index contributed by atoms with van der Waals surface area (Å²) in [5, 5.41) is 13.2. The Balaban J connectivity index is 2.14. The molecule has 2 heterocycles. The van der Waals surface area contributed by atoms with Crippen molar-refractivity contribution in [3.8, 4) is 0 Å². The van der Waals surface area contributed by atoms with Gasteiger partial charge in [0.2, 0.25) is 5.91 Å². The van der Waals surface area contributed by atoms with Crippen molar-refractivity contribution in [1.29, 1.82) is 0 Å². The number of fused-ring (bicyclic) bond motifs is 1. The summed E-state index contributed by atoms with van der Waals surface area (Å²) in [4.78, 5) is 12.0. The number of anilines is 1. The Kier molecular flexibility index (Phi) is 3.40. The number of halogens is 1. The van der Waals surface area contributed by atoms with E-state index in [4.69, 9.17) is 11.6 Å². The third-order valence-electron chi connectivity index (χ3n) is 2.99. The van der Waals surface area contributed by atoms with E-state index in [0.717, 1.165) is 30.8 Å². The van der Waals surface area contributed by atoms with E-state index < -0.39 is 5.41 Å². The Bertz CT molecular complexity index is 427. The first-order valence-electron chi connectivity index (χ1n) is 5.69. The SMILES string of the molecule is CC(C)(CCl)C(=O)Nc1n[nH]c2c1CCNC2. The van der Waals surface area contributed by atoms with Crippen molar-refractivity contribution in [1.82, 2.24) is 15.5 Å². The molecular weight excluding hydrogens is 240 g/mol. The summed E-state index contributed by atoms with van der Waals surface area (Å²) < 4.78 is 0. The summed E-state index contributed by atoms with van der Waals surface area (Å²) in [6.07, 6.45) is 0.878. The standard InChI is InChI=1S/C11H17ClN4O/c1-11(2,6-12)10(17)14-9-7-3-4-13-5-8(7)15-16-9/h13H,3-6H2,1-2H3,(H2,14,15,16,17). The van der Waals surface area contributed by atoms with E-state index in [1.165, 1.54) is 0 Å². The highest BCUT2D eigenvalue weighted by atomic mass is 35.5. The lowest BCUT2D eigenvalue weighted by Gasteiger charge is -2.20. The number of aromatic nitrogens is 2. The molecule has 6 heteroatoms. The van der Waals surface area contributed by atoms with Crippen molar-refractivity contribution in [2.75, 3.05) is 17.7 Å². The van der Waals surface area contributed by atoms with Gasteiger partial charge >= 0.3 is 0 Å². The van der Waals surface area contributed by atoms with E-state index in [-0.39, 0.29) is 11.8 Å². The average Bonchev–Trinajstić information content (AvgIpc) is 2.73. The smallest absolute Gasteiger partial charge is 0.232 e. The van der Waals surface area contributed by atoms with Crippen molar-refractivity contribution in [2.45, 2.75) is 26.8 Å². The second kappa shape index (κ2) is 4.66. The van der Waals surface area contributed by atoms with Crippen molar-refractivity contribution in [3.05, 3.63) is 11.3 Å². The molecule has 0 spiro atoms. The molecule has 0 aliphatic carbocycles. The van der Waals surface area contributed by atoms with E-state index in [1.54, 1.807) is 0 Å². The Hall–Kier alpha value is -1.07. The van der Waals surface area contributed by atoms with Crippen LogP contribution in [0.1, 0.15) is 25.1 Å². The van der Waals surface area contributed by atoms with Crippen LogP contribution in [-0.2, 0) is 17.8 Å². The number of hydrogen-bond donors (Lipinski definition) is 3. The van der Waals surface area contributed by atoms with Crippen LogP contribution in [0, 0.1) is 5.41 Å². The fourth-order valence-electron chi connectivity index (χ4n) is 1.68. The lowest BCUT2D eigenvalue weighted by molar-refractivity contribution is -0.123. The summed E-state index contributed by atoms with van der Waals surface area (Å²) >= 11 is 5.77. The van der Waals surface area contributed by atoms with Crippen molar-refractivity contribution < 1.29 is 4.79 Å². The van der Waals surface area contributed by atoms with Crippen molar-refractivity contribution in [2.24, 2.45) is 5.41 Å². The number of amides is 1. The Morgan fingerprint density at radius 2 is 2.35 bits per heavy atom. The van der Waals surface area contributed by atoms with Gasteiger partial charge in [0.25, 0.3) is 0 Å². The van der Waals surface area contributed by atoms with Gasteiger partial charge in [-0.15, -0.1) is 11.6 Å². The first-order chi connectivity index (χ1) is 8.04. The fraction of sp³-hybridized carbons (Fsp3) is 0.636. The molecule has 0 fully saturated rings. The van der Waals surface area contributed by atoms with Crippen LogP contribution in [0.2, 0.25) is 0 Å². The number of alkyl halides is 1. The zero-order valence-corrected chi connectivity index (χ0v) is 10.8. The maximum atomic E-state index is 12.0. The molecule has 0 atom stereocenters. The third kappa shape index (κ3) is 2.45. The van der Waals surface area contributed by atoms with Gasteiger partial charge in [0.05, 0.1) is 11.1 Å². The maximum absolute atomic E-state index is 12.0. The zero-order valence-electron chi connectivity index (χ0n) is 10.1. The predicted octanol–water partition coefficient (Wildman–Crippen LogP) is 1.26. The first kappa shape index (κ1) is 12.4. The maximum Gasteiger partial charge on any atom is 0.232 e. The van der Waals surface area contributed by atoms with Gasteiger partial charge in [0.1, 0.15) is 0 Å². The Labute approximate surface area is 105 Å². The van der Waals surface area contributed by atoms with Crippen LogP contribution in [-0.4, -0.2) is 28.5 Å². The van der Waals surface area contributed by atoms with Gasteiger partial charge in [-0.1, -0.05) is 0 Å². The van der Waals surface area contributed by atoms with E-state index in [0.29, 0.717) is 5.82 Å². The number of hydrogen-bond acceptors (Lipinski definition) is 3. The van der Waals surface area contributed by atoms with E-state index in [1.807, 2.05) is 13.8 Å². The highest BCUT2D eigenvalue weighted by Crippen LogP contribution is 2.24. The number of nitrogens with zero attached hydrogens (tertiary/aromatic N) is 1. The lowest BCUT2D eigenvalue weighted by atomic mass is 9.95. The normalized spacial score (nSPS) is 15.5. The number of carbonyl (C=O) groups excluding carboxylic acids is 1. The highest BCUT2D eigenvalue weighted by molar-refractivity contribution is 6.20. The second-order valence-electron chi connectivity index (χ2n) is 4.93. The average molecular weight is 257 g/mol. The van der Waals surface area contributed by atoms with Crippen LogP contribution in [0.25, 0.3) is 0 Å². The van der Waals surface area contributed by atoms with Gasteiger partial charge in [-0.05, 0) is 26.8 Å². The molecule has 1 aromatic rings. The van der Waals surface area contributed by atoms with Crippen LogP contribution in [0.15, 0.2) is 0 Å². The summed E-state index contributed by atoms with van der Waals surface area (Å²) in [5.74, 6) is 0.831. The van der Waals surface area contributed by atoms with Gasteiger partial charge < -0.3 is 10.6 Å². The fourth-order valence-corrected chi connectivity index (χ4v) is 1.81. The monoisotopic (exact) mass is 256 g/mol. The molecule has 17 heavy (non-hydrogen) atoms. The van der Waals surface area contributed by atoms with Gasteiger partial charge in [-0.3, -0.25) is 9.89 Å². The van der Waals surface area contributed by atoms with E-state index >= 15 is 0 Å². The first-order valence-corrected chi connectivity index (χ1v) is 6.22. The Morgan fingerprint density at radius 1 is 1.59 bits per heavy atom. The topological polar surface area (TPSA) is 69.8 Å². The second-order valence-corrected chi connectivity index (χ2v) is 5.19. The molecule has 1 aromatic heterocycles. The van der Waals surface area contributed by atoms with E-state index in [9.17, 15) is 4.79 Å². The van der Waals surface area contributed by atoms with Crippen LogP contribution in [0.3, 0.4) is 0 Å². The molecule has 2 rings (SSSR count). The van der Waals surface area contributed by atoms with E-state index in [2.05, 4.69) is 20.8 Å². The minimum Gasteiger partial charge on any atom is -0.311 e. The molecule has 3 N–H and O–H groups in total. The molecule has 0 bridgehead atoms. The molecule has 0 unspecified atom stereocenters. The van der Waals surface area contributed by atoms with Gasteiger partial charge in [0.15, 0.2) is 5.82 Å². The summed E-state index contributed by atoms with van der Waals surface area (Å²) in [6, 6.07) is 0. The molecule has 1 amide bonds. The van der Waals surface area contributed by atoms with Gasteiger partial charge in [0, 0.05) is 18.0 Å². The molecule has 94 valence electrons. The number of H-pyrrole nitrogens is 1. The largest absolute Gasteiger partial charge is 0.311 e. The lowest BCUT2D eigenvalue weighted by Crippen LogP contribution is -2.33. The zero-order chi connectivity index (χ0) is 12.5. The third-order valence-corrected chi connectivity index (χ3v) is 3.66. The summed E-state index contributed by atoms with van der Waals surface area (Å²) in [7, 11) is 0. The number of nitrogens with one attached hydrogen (secondary N) is 3. The van der Waals surface area contributed by atoms with Crippen LogP contribution in [0.5, 0.6) is 0 Å². The number of rotatable bonds is 3. The van der Waals surface area contributed by atoms with Crippen molar-refractivity contribution in [3.63, 3.8) is 0 Å². The number of carbonyl (C=O) groups is 1. The summed E-state index contributed by atoms with van der Waals surface area (Å²) in [6.45, 7) is 5.32. The van der Waals surface area contributed by atoms with Crippen molar-refractivity contribution >= 4 is 23.3 Å². The molecule has 5 nitrogen and oxygen atoms in total. The molecule has 0 radical (unpaired) electrons. The molecular formula is C11H17ClN4O. The predicted molar refractivity (Wildman–Crippen MR) is 67.1 cm³/mol. The highest BCUT2D eigenvalue weighted by Gasteiger charge is 2.28. The quantitative estimate of drug-likeness (QED) is 0.713. The molecule has 0 aromatic carbocycles. The molecule has 1 aliphatic rings. The molecule has 1 aliphatic heterocycles. The van der Waals surface area contributed by atoms with Crippen LogP contribution >= 0.6 is 11.6 Å². The van der Waals surface area contributed by atoms with Gasteiger partial charge in [-0.25, -0.2) is 0 Å². The molecule has 0 saturated heterocycles.